The molecule has 0 bridgehead atoms. The molecule has 0 amide bonds. The molecule has 0 aromatic heterocycles. The first-order chi connectivity index (χ1) is 13.6. The smallest absolute Gasteiger partial charge is 0.308 e. The Morgan fingerprint density at radius 3 is 2.75 bits per heavy atom. The second kappa shape index (κ2) is 6.47. The van der Waals surface area contributed by atoms with E-state index in [1.165, 1.54) is 6.07 Å². The van der Waals surface area contributed by atoms with Crippen molar-refractivity contribution in [2.24, 2.45) is 5.92 Å². The van der Waals surface area contributed by atoms with Crippen LogP contribution in [0, 0.1) is 16.0 Å². The first-order valence-corrected chi connectivity index (χ1v) is 8.94. The van der Waals surface area contributed by atoms with Gasteiger partial charge in [0.2, 0.25) is 6.79 Å². The fraction of sp³-hybridized carbons (Fsp3) is 0.316. The molecule has 3 aliphatic rings. The van der Waals surface area contributed by atoms with Crippen LogP contribution in [-0.2, 0) is 9.53 Å². The summed E-state index contributed by atoms with van der Waals surface area (Å²) in [4.78, 5) is 22.9. The van der Waals surface area contributed by atoms with Gasteiger partial charge in [0.1, 0.15) is 0 Å². The molecule has 2 aromatic rings. The highest BCUT2D eigenvalue weighted by Gasteiger charge is 2.48. The Morgan fingerprint density at radius 2 is 1.89 bits per heavy atom. The number of hydrazine groups is 1. The predicted molar refractivity (Wildman–Crippen MR) is 95.4 cm³/mol. The topological polar surface area (TPSA) is 112 Å². The van der Waals surface area contributed by atoms with Gasteiger partial charge in [0.05, 0.1) is 17.4 Å². The van der Waals surface area contributed by atoms with E-state index in [1.54, 1.807) is 12.1 Å². The molecule has 4 unspecified atom stereocenters. The zero-order chi connectivity index (χ0) is 19.3. The van der Waals surface area contributed by atoms with Gasteiger partial charge in [-0.1, -0.05) is 18.2 Å². The number of nitrogens with one attached hydrogen (secondary N) is 2. The fourth-order valence-electron chi connectivity index (χ4n) is 4.22. The van der Waals surface area contributed by atoms with Gasteiger partial charge in [-0.25, -0.2) is 10.9 Å². The van der Waals surface area contributed by atoms with Crippen molar-refractivity contribution < 1.29 is 23.9 Å². The first-order valence-electron chi connectivity index (χ1n) is 8.94. The van der Waals surface area contributed by atoms with E-state index in [0.717, 1.165) is 11.1 Å². The molecule has 0 spiro atoms. The molecule has 0 radical (unpaired) electrons. The molecule has 0 aliphatic carbocycles. The Hall–Kier alpha value is -3.17. The standard InChI is InChI=1S/C19H17N3O6/c23-16-8-13(10-4-5-14-15(7-10)27-9-26-14)17-18(20-21-19(17)28-16)11-2-1-3-12(6-11)22(24)25/h1-7,13,17-21H,8-9H2. The number of hydrogen-bond donors (Lipinski definition) is 2. The van der Waals surface area contributed by atoms with Crippen LogP contribution in [0.4, 0.5) is 5.69 Å². The van der Waals surface area contributed by atoms with E-state index in [4.69, 9.17) is 14.2 Å². The van der Waals surface area contributed by atoms with Gasteiger partial charge in [0.15, 0.2) is 17.7 Å². The molecule has 5 rings (SSSR count). The number of ether oxygens (including phenoxy) is 3. The molecule has 3 heterocycles. The SMILES string of the molecule is O=C1CC(c2ccc3c(c2)OCO3)C2C(NNC2c2cccc([N+](=O)[O-])c2)O1. The monoisotopic (exact) mass is 383 g/mol. The van der Waals surface area contributed by atoms with Gasteiger partial charge < -0.3 is 14.2 Å². The highest BCUT2D eigenvalue weighted by atomic mass is 16.7. The van der Waals surface area contributed by atoms with Crippen molar-refractivity contribution in [3.63, 3.8) is 0 Å². The Labute approximate surface area is 159 Å². The fourth-order valence-corrected chi connectivity index (χ4v) is 4.22. The van der Waals surface area contributed by atoms with Crippen molar-refractivity contribution in [1.82, 2.24) is 10.9 Å². The Kier molecular flexibility index (Phi) is 3.92. The van der Waals surface area contributed by atoms with Crippen molar-refractivity contribution in [1.29, 1.82) is 0 Å². The van der Waals surface area contributed by atoms with Crippen LogP contribution >= 0.6 is 0 Å². The lowest BCUT2D eigenvalue weighted by atomic mass is 9.76. The summed E-state index contributed by atoms with van der Waals surface area (Å²) in [7, 11) is 0. The largest absolute Gasteiger partial charge is 0.454 e. The van der Waals surface area contributed by atoms with Crippen LogP contribution in [0.3, 0.4) is 0 Å². The summed E-state index contributed by atoms with van der Waals surface area (Å²) in [6.07, 6.45) is -0.309. The van der Waals surface area contributed by atoms with Crippen LogP contribution in [-0.4, -0.2) is 23.9 Å². The molecular formula is C19H17N3O6. The number of carbonyl (C=O) groups excluding carboxylic acids is 1. The summed E-state index contributed by atoms with van der Waals surface area (Å²) in [6.45, 7) is 0.178. The molecule has 9 heteroatoms. The molecule has 2 fully saturated rings. The second-order valence-corrected chi connectivity index (χ2v) is 7.03. The van der Waals surface area contributed by atoms with E-state index >= 15 is 0 Å². The molecule has 2 saturated heterocycles. The maximum absolute atomic E-state index is 12.2. The van der Waals surface area contributed by atoms with Gasteiger partial charge in [0, 0.05) is 24.0 Å². The Morgan fingerprint density at radius 1 is 1.04 bits per heavy atom. The number of carbonyl (C=O) groups is 1. The number of nitro groups is 1. The molecule has 0 saturated carbocycles. The molecule has 2 N–H and O–H groups in total. The van der Waals surface area contributed by atoms with Gasteiger partial charge in [-0.05, 0) is 23.3 Å². The number of rotatable bonds is 3. The van der Waals surface area contributed by atoms with Gasteiger partial charge >= 0.3 is 5.97 Å². The molecule has 28 heavy (non-hydrogen) atoms. The number of hydrogen-bond acceptors (Lipinski definition) is 8. The zero-order valence-corrected chi connectivity index (χ0v) is 14.7. The molecule has 9 nitrogen and oxygen atoms in total. The molecule has 2 aromatic carbocycles. The van der Waals surface area contributed by atoms with Crippen molar-refractivity contribution in [3.8, 4) is 11.5 Å². The van der Waals surface area contributed by atoms with Crippen LogP contribution in [0.15, 0.2) is 42.5 Å². The van der Waals surface area contributed by atoms with Crippen LogP contribution in [0.1, 0.15) is 29.5 Å². The minimum absolute atomic E-state index is 0.0233. The average Bonchev–Trinajstić information content (AvgIpc) is 3.33. The average molecular weight is 383 g/mol. The molecule has 3 aliphatic heterocycles. The lowest BCUT2D eigenvalue weighted by molar-refractivity contribution is -0.384. The summed E-state index contributed by atoms with van der Waals surface area (Å²) in [5.41, 5.74) is 7.89. The summed E-state index contributed by atoms with van der Waals surface area (Å²) in [6, 6.07) is 11.9. The third-order valence-electron chi connectivity index (χ3n) is 5.49. The van der Waals surface area contributed by atoms with Crippen molar-refractivity contribution in [2.75, 3.05) is 6.79 Å². The Balaban J connectivity index is 1.52. The zero-order valence-electron chi connectivity index (χ0n) is 14.7. The number of nitro benzene ring substituents is 1. The maximum Gasteiger partial charge on any atom is 0.308 e. The number of benzene rings is 2. The minimum Gasteiger partial charge on any atom is -0.454 e. The number of nitrogens with zero attached hydrogens (tertiary/aromatic N) is 1. The van der Waals surface area contributed by atoms with E-state index in [0.29, 0.717) is 11.5 Å². The second-order valence-electron chi connectivity index (χ2n) is 7.03. The third kappa shape index (κ3) is 2.76. The van der Waals surface area contributed by atoms with Gasteiger partial charge in [-0.3, -0.25) is 14.9 Å². The van der Waals surface area contributed by atoms with Gasteiger partial charge in [-0.15, -0.1) is 0 Å². The summed E-state index contributed by atoms with van der Waals surface area (Å²) < 4.78 is 16.3. The maximum atomic E-state index is 12.2. The van der Waals surface area contributed by atoms with Crippen LogP contribution in [0.25, 0.3) is 0 Å². The van der Waals surface area contributed by atoms with E-state index in [1.807, 2.05) is 24.3 Å². The normalized spacial score (nSPS) is 27.9. The third-order valence-corrected chi connectivity index (χ3v) is 5.49. The van der Waals surface area contributed by atoms with E-state index < -0.39 is 11.2 Å². The summed E-state index contributed by atoms with van der Waals surface area (Å²) >= 11 is 0. The number of fused-ring (bicyclic) bond motifs is 2. The van der Waals surface area contributed by atoms with Crippen molar-refractivity contribution in [2.45, 2.75) is 24.6 Å². The van der Waals surface area contributed by atoms with Crippen molar-refractivity contribution >= 4 is 11.7 Å². The van der Waals surface area contributed by atoms with Gasteiger partial charge in [-0.2, -0.15) is 0 Å². The summed E-state index contributed by atoms with van der Waals surface area (Å²) in [5, 5.41) is 11.2. The predicted octanol–water partition coefficient (Wildman–Crippen LogP) is 2.15. The van der Waals surface area contributed by atoms with E-state index in [-0.39, 0.29) is 42.7 Å². The Bertz CT molecular complexity index is 964. The summed E-state index contributed by atoms with van der Waals surface area (Å²) in [5.74, 6) is 0.751. The van der Waals surface area contributed by atoms with Crippen LogP contribution in [0.5, 0.6) is 11.5 Å². The van der Waals surface area contributed by atoms with E-state index in [9.17, 15) is 14.9 Å². The van der Waals surface area contributed by atoms with E-state index in [2.05, 4.69) is 10.9 Å². The van der Waals surface area contributed by atoms with Crippen LogP contribution < -0.4 is 20.3 Å². The number of non-ortho nitro benzene ring substituents is 1. The molecule has 144 valence electrons. The minimum atomic E-state index is -0.527. The first kappa shape index (κ1) is 17.0. The highest BCUT2D eigenvalue weighted by Crippen LogP contribution is 2.47. The number of esters is 1. The van der Waals surface area contributed by atoms with Crippen LogP contribution in [0.2, 0.25) is 0 Å². The lowest BCUT2D eigenvalue weighted by Gasteiger charge is -2.35. The molecule has 4 atom stereocenters. The molecular weight excluding hydrogens is 366 g/mol. The lowest BCUT2D eigenvalue weighted by Crippen LogP contribution is -2.42. The quantitative estimate of drug-likeness (QED) is 0.471. The van der Waals surface area contributed by atoms with Gasteiger partial charge in [0.25, 0.3) is 5.69 Å². The highest BCUT2D eigenvalue weighted by molar-refractivity contribution is 5.72. The van der Waals surface area contributed by atoms with Crippen molar-refractivity contribution in [3.05, 3.63) is 63.7 Å².